The van der Waals surface area contributed by atoms with Crippen LogP contribution in [0.4, 0.5) is 14.6 Å². The fourth-order valence-electron chi connectivity index (χ4n) is 3.65. The van der Waals surface area contributed by atoms with Gasteiger partial charge in [-0.05, 0) is 48.6 Å². The van der Waals surface area contributed by atoms with E-state index in [4.69, 9.17) is 0 Å². The number of alkyl halides is 2. The maximum Gasteiger partial charge on any atom is 0.250 e. The summed E-state index contributed by atoms with van der Waals surface area (Å²) >= 11 is 0. The van der Waals surface area contributed by atoms with Gasteiger partial charge in [0, 0.05) is 49.3 Å². The van der Waals surface area contributed by atoms with E-state index in [2.05, 4.69) is 15.2 Å². The van der Waals surface area contributed by atoms with Gasteiger partial charge in [0.15, 0.2) is 5.82 Å². The number of rotatable bonds is 3. The first-order chi connectivity index (χ1) is 12.9. The fraction of sp³-hybridized carbons (Fsp3) is 0.350. The molecule has 2 heterocycles. The number of hydrogen-bond acceptors (Lipinski definition) is 5. The van der Waals surface area contributed by atoms with Crippen LogP contribution < -0.4 is 4.90 Å². The zero-order valence-electron chi connectivity index (χ0n) is 14.9. The van der Waals surface area contributed by atoms with E-state index in [9.17, 15) is 13.9 Å². The molecular formula is C20H20F2N4O. The van der Waals surface area contributed by atoms with Gasteiger partial charge in [-0.3, -0.25) is 4.98 Å². The highest BCUT2D eigenvalue weighted by molar-refractivity contribution is 5.89. The fourth-order valence-corrected chi connectivity index (χ4v) is 3.65. The highest BCUT2D eigenvalue weighted by atomic mass is 19.3. The second kappa shape index (κ2) is 6.72. The van der Waals surface area contributed by atoms with E-state index in [1.165, 1.54) is 0 Å². The van der Waals surface area contributed by atoms with Gasteiger partial charge in [-0.25, -0.2) is 8.78 Å². The molecule has 1 N–H and O–H groups in total. The molecule has 0 amide bonds. The number of aromatic hydroxyl groups is 1. The van der Waals surface area contributed by atoms with Crippen molar-refractivity contribution >= 4 is 16.6 Å². The summed E-state index contributed by atoms with van der Waals surface area (Å²) in [4.78, 5) is 5.82. The molecule has 0 bridgehead atoms. The van der Waals surface area contributed by atoms with E-state index in [1.807, 2.05) is 12.1 Å². The van der Waals surface area contributed by atoms with Crippen LogP contribution in [0.25, 0.3) is 22.0 Å². The molecule has 1 aliphatic carbocycles. The predicted molar refractivity (Wildman–Crippen MR) is 100 cm³/mol. The Kier molecular flexibility index (Phi) is 4.37. The molecule has 0 radical (unpaired) electrons. The minimum absolute atomic E-state index is 0.0429. The number of fused-ring (bicyclic) bond motifs is 1. The molecule has 1 aliphatic rings. The monoisotopic (exact) mass is 370 g/mol. The largest absolute Gasteiger partial charge is 0.507 e. The third kappa shape index (κ3) is 3.54. The van der Waals surface area contributed by atoms with Crippen molar-refractivity contribution in [2.45, 2.75) is 37.6 Å². The number of halogens is 2. The lowest BCUT2D eigenvalue weighted by molar-refractivity contribution is -0.0401. The number of phenols is 1. The normalized spacial score (nSPS) is 19.1. The van der Waals surface area contributed by atoms with Crippen molar-refractivity contribution in [3.05, 3.63) is 42.7 Å². The van der Waals surface area contributed by atoms with Crippen molar-refractivity contribution in [3.63, 3.8) is 0 Å². The zero-order chi connectivity index (χ0) is 19.0. The second-order valence-corrected chi connectivity index (χ2v) is 7.09. The lowest BCUT2D eigenvalue weighted by Crippen LogP contribution is -2.40. The summed E-state index contributed by atoms with van der Waals surface area (Å²) in [6.07, 6.45) is 4.39. The molecule has 1 saturated carbocycles. The molecule has 0 saturated heterocycles. The molecule has 1 atom stereocenters. The van der Waals surface area contributed by atoms with Crippen LogP contribution in [0.3, 0.4) is 0 Å². The van der Waals surface area contributed by atoms with Gasteiger partial charge in [-0.1, -0.05) is 0 Å². The van der Waals surface area contributed by atoms with Gasteiger partial charge >= 0.3 is 0 Å². The molecule has 3 aromatic rings. The topological polar surface area (TPSA) is 62.1 Å². The summed E-state index contributed by atoms with van der Waals surface area (Å²) < 4.78 is 27.4. The SMILES string of the molecule is CN(c1ccc(-c2cc3ccncc3cc2O)nn1)[C@H]1CCCC(F)(F)C1. The van der Waals surface area contributed by atoms with E-state index in [0.717, 1.165) is 17.2 Å². The molecule has 0 unspecified atom stereocenters. The molecule has 27 heavy (non-hydrogen) atoms. The van der Waals surface area contributed by atoms with Crippen molar-refractivity contribution < 1.29 is 13.9 Å². The standard InChI is InChI=1S/C20H20F2N4O/c1-26(15-3-2-7-20(21,22)11-15)19-5-4-17(24-25-19)16-9-13-6-8-23-12-14(13)10-18(16)27/h4-6,8-10,12,15,27H,2-3,7,11H2,1H3/t15-/m0/s1. The Morgan fingerprint density at radius 2 is 2.00 bits per heavy atom. The van der Waals surface area contributed by atoms with Gasteiger partial charge in [0.25, 0.3) is 0 Å². The number of hydrogen-bond donors (Lipinski definition) is 1. The summed E-state index contributed by atoms with van der Waals surface area (Å²) in [6.45, 7) is 0. The number of benzene rings is 1. The highest BCUT2D eigenvalue weighted by Crippen LogP contribution is 2.36. The molecule has 7 heteroatoms. The lowest BCUT2D eigenvalue weighted by atomic mass is 9.91. The van der Waals surface area contributed by atoms with Crippen LogP contribution in [0, 0.1) is 0 Å². The number of nitrogens with zero attached hydrogens (tertiary/aromatic N) is 4. The van der Waals surface area contributed by atoms with Crippen LogP contribution in [0.2, 0.25) is 0 Å². The molecule has 1 aromatic carbocycles. The van der Waals surface area contributed by atoms with Crippen LogP contribution in [-0.4, -0.2) is 39.3 Å². The summed E-state index contributed by atoms with van der Waals surface area (Å²) in [6, 6.07) is 8.59. The number of aromatic nitrogens is 3. The molecule has 5 nitrogen and oxygen atoms in total. The van der Waals surface area contributed by atoms with Gasteiger partial charge in [0.2, 0.25) is 5.92 Å². The van der Waals surface area contributed by atoms with E-state index >= 15 is 0 Å². The second-order valence-electron chi connectivity index (χ2n) is 7.09. The van der Waals surface area contributed by atoms with Crippen molar-refractivity contribution in [2.75, 3.05) is 11.9 Å². The van der Waals surface area contributed by atoms with Crippen molar-refractivity contribution in [2.24, 2.45) is 0 Å². The first-order valence-corrected chi connectivity index (χ1v) is 8.94. The third-order valence-corrected chi connectivity index (χ3v) is 5.20. The number of phenolic OH excluding ortho intramolecular Hbond substituents is 1. The van der Waals surface area contributed by atoms with Crippen LogP contribution in [0.5, 0.6) is 5.75 Å². The van der Waals surface area contributed by atoms with E-state index < -0.39 is 5.92 Å². The Labute approximate surface area is 155 Å². The number of pyridine rings is 1. The van der Waals surface area contributed by atoms with Crippen LogP contribution >= 0.6 is 0 Å². The number of anilines is 1. The summed E-state index contributed by atoms with van der Waals surface area (Å²) in [5.74, 6) is -1.97. The Morgan fingerprint density at radius 3 is 2.74 bits per heavy atom. The van der Waals surface area contributed by atoms with Crippen molar-refractivity contribution in [3.8, 4) is 17.0 Å². The smallest absolute Gasteiger partial charge is 0.250 e. The van der Waals surface area contributed by atoms with Crippen LogP contribution in [0.15, 0.2) is 42.7 Å². The van der Waals surface area contributed by atoms with Crippen LogP contribution in [0.1, 0.15) is 25.7 Å². The quantitative estimate of drug-likeness (QED) is 0.740. The first-order valence-electron chi connectivity index (χ1n) is 8.94. The molecule has 0 aliphatic heterocycles. The molecule has 2 aromatic heterocycles. The highest BCUT2D eigenvalue weighted by Gasteiger charge is 2.38. The Bertz CT molecular complexity index is 962. The first kappa shape index (κ1) is 17.6. The minimum Gasteiger partial charge on any atom is -0.507 e. The Balaban J connectivity index is 1.60. The third-order valence-electron chi connectivity index (χ3n) is 5.20. The Morgan fingerprint density at radius 1 is 1.15 bits per heavy atom. The lowest BCUT2D eigenvalue weighted by Gasteiger charge is -2.35. The summed E-state index contributed by atoms with van der Waals surface area (Å²) in [5, 5.41) is 20.5. The van der Waals surface area contributed by atoms with Gasteiger partial charge in [0.05, 0.1) is 5.69 Å². The maximum absolute atomic E-state index is 13.7. The Hall–Kier alpha value is -2.83. The molecule has 0 spiro atoms. The molecular weight excluding hydrogens is 350 g/mol. The van der Waals surface area contributed by atoms with E-state index in [0.29, 0.717) is 23.5 Å². The van der Waals surface area contributed by atoms with Gasteiger partial charge < -0.3 is 10.0 Å². The van der Waals surface area contributed by atoms with Gasteiger partial charge in [0.1, 0.15) is 5.75 Å². The van der Waals surface area contributed by atoms with E-state index in [-0.39, 0.29) is 24.6 Å². The van der Waals surface area contributed by atoms with Gasteiger partial charge in [-0.2, -0.15) is 0 Å². The molecule has 140 valence electrons. The van der Waals surface area contributed by atoms with Crippen molar-refractivity contribution in [1.82, 2.24) is 15.2 Å². The zero-order valence-corrected chi connectivity index (χ0v) is 14.9. The average molecular weight is 370 g/mol. The summed E-state index contributed by atoms with van der Waals surface area (Å²) in [5.41, 5.74) is 1.09. The van der Waals surface area contributed by atoms with Crippen molar-refractivity contribution in [1.29, 1.82) is 0 Å². The summed E-state index contributed by atoms with van der Waals surface area (Å²) in [7, 11) is 1.77. The predicted octanol–water partition coefficient (Wildman–Crippen LogP) is 4.41. The molecule has 1 fully saturated rings. The molecule has 4 rings (SSSR count). The average Bonchev–Trinajstić information content (AvgIpc) is 2.66. The van der Waals surface area contributed by atoms with Crippen LogP contribution in [-0.2, 0) is 0 Å². The van der Waals surface area contributed by atoms with E-state index in [1.54, 1.807) is 42.5 Å². The van der Waals surface area contributed by atoms with Gasteiger partial charge in [-0.15, -0.1) is 10.2 Å². The minimum atomic E-state index is -2.61. The maximum atomic E-state index is 13.7.